The Morgan fingerprint density at radius 3 is 1.30 bits per heavy atom. The average molecular weight is 510 g/mol. The molecule has 40 heavy (non-hydrogen) atoms. The van der Waals surface area contributed by atoms with Gasteiger partial charge in [-0.05, 0) is 104 Å². The van der Waals surface area contributed by atoms with E-state index in [1.165, 1.54) is 88.6 Å². The van der Waals surface area contributed by atoms with Gasteiger partial charge in [0.2, 0.25) is 0 Å². The second-order valence-corrected chi connectivity index (χ2v) is 11.4. The summed E-state index contributed by atoms with van der Waals surface area (Å²) in [5.74, 6) is 0. The number of hydrogen-bond acceptors (Lipinski definition) is 0. The van der Waals surface area contributed by atoms with Crippen LogP contribution in [-0.4, -0.2) is 4.57 Å². The van der Waals surface area contributed by atoms with Gasteiger partial charge in [0, 0.05) is 28.9 Å². The number of hydrogen-bond donors (Lipinski definition) is 0. The van der Waals surface area contributed by atoms with Crippen molar-refractivity contribution in [2.24, 2.45) is 7.05 Å². The van der Waals surface area contributed by atoms with Gasteiger partial charge in [0.05, 0.1) is 0 Å². The highest BCUT2D eigenvalue weighted by atomic mass is 14.9. The van der Waals surface area contributed by atoms with E-state index in [2.05, 4.69) is 133 Å². The first-order valence-corrected chi connectivity index (χ1v) is 14.2. The molecule has 9 rings (SSSR count). The van der Waals surface area contributed by atoms with Crippen LogP contribution < -0.4 is 0 Å². The predicted molar refractivity (Wildman–Crippen MR) is 168 cm³/mol. The van der Waals surface area contributed by atoms with Gasteiger partial charge in [-0.25, -0.2) is 0 Å². The molecule has 0 amide bonds. The van der Waals surface area contributed by atoms with Crippen LogP contribution >= 0.6 is 0 Å². The lowest BCUT2D eigenvalue weighted by atomic mass is 9.96. The predicted octanol–water partition coefficient (Wildman–Crippen LogP) is 9.81. The van der Waals surface area contributed by atoms with Crippen LogP contribution in [0, 0.1) is 0 Å². The molecule has 0 N–H and O–H groups in total. The van der Waals surface area contributed by atoms with E-state index in [0.29, 0.717) is 0 Å². The van der Waals surface area contributed by atoms with Crippen LogP contribution in [0.2, 0.25) is 0 Å². The van der Waals surface area contributed by atoms with Crippen LogP contribution in [0.5, 0.6) is 0 Å². The third-order valence-corrected chi connectivity index (χ3v) is 9.26. The van der Waals surface area contributed by atoms with Crippen molar-refractivity contribution in [3.05, 3.63) is 144 Å². The van der Waals surface area contributed by atoms with Crippen LogP contribution in [0.4, 0.5) is 0 Å². The number of benzene rings is 6. The summed E-state index contributed by atoms with van der Waals surface area (Å²) in [6.45, 7) is 0. The number of aromatic nitrogens is 1. The maximum absolute atomic E-state index is 2.40. The van der Waals surface area contributed by atoms with Gasteiger partial charge >= 0.3 is 0 Å². The highest BCUT2D eigenvalue weighted by Crippen LogP contribution is 2.41. The monoisotopic (exact) mass is 509 g/mol. The normalized spacial score (nSPS) is 12.9. The fourth-order valence-electron chi connectivity index (χ4n) is 7.23. The highest BCUT2D eigenvalue weighted by molar-refractivity contribution is 6.10. The maximum atomic E-state index is 2.40. The van der Waals surface area contributed by atoms with E-state index < -0.39 is 0 Å². The van der Waals surface area contributed by atoms with Gasteiger partial charge in [-0.15, -0.1) is 0 Å². The van der Waals surface area contributed by atoms with Gasteiger partial charge in [-0.1, -0.05) is 97.1 Å². The van der Waals surface area contributed by atoms with Crippen molar-refractivity contribution in [1.29, 1.82) is 0 Å². The third-order valence-electron chi connectivity index (χ3n) is 9.26. The molecule has 0 unspecified atom stereocenters. The largest absolute Gasteiger partial charge is 0.344 e. The molecule has 0 bridgehead atoms. The van der Waals surface area contributed by atoms with E-state index in [1.807, 2.05) is 0 Å². The summed E-state index contributed by atoms with van der Waals surface area (Å²) in [5.41, 5.74) is 18.9. The lowest BCUT2D eigenvalue weighted by Gasteiger charge is -2.07. The summed E-state index contributed by atoms with van der Waals surface area (Å²) in [6, 6.07) is 45.5. The molecule has 0 atom stereocenters. The van der Waals surface area contributed by atoms with Crippen molar-refractivity contribution in [2.75, 3.05) is 0 Å². The molecule has 1 heterocycles. The second-order valence-electron chi connectivity index (χ2n) is 11.4. The van der Waals surface area contributed by atoms with E-state index in [0.717, 1.165) is 12.8 Å². The second kappa shape index (κ2) is 8.07. The van der Waals surface area contributed by atoms with Crippen LogP contribution in [0.3, 0.4) is 0 Å². The molecule has 0 radical (unpaired) electrons. The minimum atomic E-state index is 1.02. The molecular formula is C39H27N. The molecule has 7 aromatic rings. The van der Waals surface area contributed by atoms with Gasteiger partial charge in [-0.2, -0.15) is 0 Å². The zero-order chi connectivity index (χ0) is 26.4. The van der Waals surface area contributed by atoms with Gasteiger partial charge in [0.1, 0.15) is 0 Å². The average Bonchev–Trinajstić information content (AvgIpc) is 3.65. The maximum Gasteiger partial charge on any atom is 0.0489 e. The Morgan fingerprint density at radius 2 is 0.800 bits per heavy atom. The minimum Gasteiger partial charge on any atom is -0.344 e. The first kappa shape index (κ1) is 22.0. The standard InChI is InChI=1S/C39H27N/c1-40-38-16-12-26(24-10-14-34-30(18-24)20-28-6-2-4-8-32(28)34)22-36(38)37-23-27(13-17-39(37)40)25-11-15-35-31(19-25)21-29-7-3-5-9-33(29)35/h2-19,22-23H,20-21H2,1H3. The van der Waals surface area contributed by atoms with Crippen molar-refractivity contribution in [2.45, 2.75) is 12.8 Å². The smallest absolute Gasteiger partial charge is 0.0489 e. The molecule has 0 fully saturated rings. The van der Waals surface area contributed by atoms with E-state index in [1.54, 1.807) is 0 Å². The Balaban J connectivity index is 1.14. The Kier molecular flexibility index (Phi) is 4.43. The number of nitrogens with zero attached hydrogens (tertiary/aromatic N) is 1. The molecule has 6 aromatic carbocycles. The Morgan fingerprint density at radius 1 is 0.400 bits per heavy atom. The number of aryl methyl sites for hydroxylation is 1. The Hall–Kier alpha value is -4.88. The zero-order valence-electron chi connectivity index (χ0n) is 22.4. The fourth-order valence-corrected chi connectivity index (χ4v) is 7.23. The minimum absolute atomic E-state index is 1.02. The summed E-state index contributed by atoms with van der Waals surface area (Å²) in [5, 5.41) is 2.63. The fraction of sp³-hybridized carbons (Fsp3) is 0.0769. The molecule has 1 nitrogen and oxygen atoms in total. The Labute approximate surface area is 234 Å². The molecular weight excluding hydrogens is 482 g/mol. The first-order chi connectivity index (χ1) is 19.7. The van der Waals surface area contributed by atoms with Gasteiger partial charge in [-0.3, -0.25) is 0 Å². The van der Waals surface area contributed by atoms with Gasteiger partial charge < -0.3 is 4.57 Å². The molecule has 0 saturated heterocycles. The molecule has 0 saturated carbocycles. The zero-order valence-corrected chi connectivity index (χ0v) is 22.4. The first-order valence-electron chi connectivity index (χ1n) is 14.2. The summed E-state index contributed by atoms with van der Waals surface area (Å²) >= 11 is 0. The van der Waals surface area contributed by atoms with Crippen molar-refractivity contribution in [1.82, 2.24) is 4.57 Å². The van der Waals surface area contributed by atoms with E-state index in [9.17, 15) is 0 Å². The molecule has 1 heteroatoms. The lowest BCUT2D eigenvalue weighted by Crippen LogP contribution is -1.87. The summed E-state index contributed by atoms with van der Waals surface area (Å²) < 4.78 is 2.33. The number of fused-ring (bicyclic) bond motifs is 9. The summed E-state index contributed by atoms with van der Waals surface area (Å²) in [4.78, 5) is 0. The van der Waals surface area contributed by atoms with Crippen molar-refractivity contribution >= 4 is 21.8 Å². The van der Waals surface area contributed by atoms with E-state index in [4.69, 9.17) is 0 Å². The molecule has 2 aliphatic rings. The van der Waals surface area contributed by atoms with Crippen molar-refractivity contribution in [3.8, 4) is 44.5 Å². The molecule has 0 aliphatic heterocycles. The SMILES string of the molecule is Cn1c2ccc(-c3ccc4c(c3)Cc3ccccc3-4)cc2c2cc(-c3ccc4c(c3)Cc3ccccc3-4)ccc21. The van der Waals surface area contributed by atoms with Crippen molar-refractivity contribution in [3.63, 3.8) is 0 Å². The third kappa shape index (κ3) is 3.09. The topological polar surface area (TPSA) is 4.93 Å². The van der Waals surface area contributed by atoms with Gasteiger partial charge in [0.25, 0.3) is 0 Å². The van der Waals surface area contributed by atoms with Crippen LogP contribution in [-0.2, 0) is 19.9 Å². The number of rotatable bonds is 2. The molecule has 188 valence electrons. The van der Waals surface area contributed by atoms with Gasteiger partial charge in [0.15, 0.2) is 0 Å². The Bertz CT molecular complexity index is 2020. The van der Waals surface area contributed by atoms with E-state index >= 15 is 0 Å². The quantitative estimate of drug-likeness (QED) is 0.219. The lowest BCUT2D eigenvalue weighted by molar-refractivity contribution is 1.01. The molecule has 0 spiro atoms. The van der Waals surface area contributed by atoms with Crippen LogP contribution in [0.1, 0.15) is 22.3 Å². The molecule has 1 aromatic heterocycles. The van der Waals surface area contributed by atoms with E-state index in [-0.39, 0.29) is 0 Å². The summed E-state index contributed by atoms with van der Waals surface area (Å²) in [6.07, 6.45) is 2.04. The summed E-state index contributed by atoms with van der Waals surface area (Å²) in [7, 11) is 2.18. The molecule has 2 aliphatic carbocycles. The van der Waals surface area contributed by atoms with Crippen LogP contribution in [0.15, 0.2) is 121 Å². The van der Waals surface area contributed by atoms with Crippen molar-refractivity contribution < 1.29 is 0 Å². The highest BCUT2D eigenvalue weighted by Gasteiger charge is 2.20. The van der Waals surface area contributed by atoms with Crippen LogP contribution in [0.25, 0.3) is 66.3 Å².